The highest BCUT2D eigenvalue weighted by Gasteiger charge is 2.14. The Hall–Kier alpha value is -1.24. The van der Waals surface area contributed by atoms with Gasteiger partial charge in [0.05, 0.1) is 17.2 Å². The molecule has 1 aliphatic heterocycles. The number of carboxylic acids is 1. The van der Waals surface area contributed by atoms with Crippen LogP contribution >= 0.6 is 0 Å². The normalized spacial score (nSPS) is 18.5. The molecule has 0 radical (unpaired) electrons. The molecule has 0 bridgehead atoms. The number of benzene rings is 1. The zero-order valence-electron chi connectivity index (χ0n) is 12.3. The summed E-state index contributed by atoms with van der Waals surface area (Å²) in [5, 5.41) is 8.72. The van der Waals surface area contributed by atoms with E-state index in [0.717, 1.165) is 43.2 Å². The lowest BCUT2D eigenvalue weighted by Crippen LogP contribution is -2.45. The molecule has 1 N–H and O–H groups in total. The lowest BCUT2D eigenvalue weighted by Gasteiger charge is -2.32. The maximum atomic E-state index is 12.2. The van der Waals surface area contributed by atoms with E-state index in [1.807, 2.05) is 0 Å². The molecule has 1 aromatic rings. The fourth-order valence-corrected chi connectivity index (χ4v) is 3.43. The highest BCUT2D eigenvalue weighted by Crippen LogP contribution is 2.10. The Morgan fingerprint density at radius 1 is 1.19 bits per heavy atom. The van der Waals surface area contributed by atoms with E-state index >= 15 is 0 Å². The van der Waals surface area contributed by atoms with Gasteiger partial charge in [0.1, 0.15) is 0 Å². The maximum Gasteiger partial charge on any atom is 0.307 e. The molecule has 116 valence electrons. The summed E-state index contributed by atoms with van der Waals surface area (Å²) in [4.78, 5) is 16.0. The fraction of sp³-hybridized carbons (Fsp3) is 0.533. The van der Waals surface area contributed by atoms with Crippen LogP contribution < -0.4 is 0 Å². The zero-order valence-corrected chi connectivity index (χ0v) is 13.1. The molecule has 2 rings (SSSR count). The first-order valence-electron chi connectivity index (χ1n) is 7.14. The van der Waals surface area contributed by atoms with E-state index in [9.17, 15) is 9.00 Å². The Kier molecular flexibility index (Phi) is 5.90. The number of aliphatic carboxylic acids is 1. The molecule has 0 saturated carbocycles. The van der Waals surface area contributed by atoms with E-state index in [-0.39, 0.29) is 6.42 Å². The Bertz CT molecular complexity index is 496. The van der Waals surface area contributed by atoms with Gasteiger partial charge >= 0.3 is 5.97 Å². The molecular formula is C15H22N2O3S. The summed E-state index contributed by atoms with van der Waals surface area (Å²) in [6.45, 7) is 5.04. The Labute approximate surface area is 128 Å². The van der Waals surface area contributed by atoms with Crippen LogP contribution in [0.5, 0.6) is 0 Å². The predicted molar refractivity (Wildman–Crippen MR) is 83.0 cm³/mol. The van der Waals surface area contributed by atoms with E-state index in [1.165, 1.54) is 0 Å². The van der Waals surface area contributed by atoms with E-state index in [4.69, 9.17) is 5.11 Å². The molecule has 1 saturated heterocycles. The van der Waals surface area contributed by atoms with Crippen molar-refractivity contribution in [2.75, 3.05) is 45.5 Å². The summed E-state index contributed by atoms with van der Waals surface area (Å²) < 4.78 is 12.2. The van der Waals surface area contributed by atoms with Crippen LogP contribution in [0.15, 0.2) is 29.2 Å². The molecule has 1 unspecified atom stereocenters. The number of nitrogens with zero attached hydrogens (tertiary/aromatic N) is 2. The molecule has 0 aliphatic carbocycles. The summed E-state index contributed by atoms with van der Waals surface area (Å²) in [5.74, 6) is -0.221. The van der Waals surface area contributed by atoms with Crippen LogP contribution in [0.4, 0.5) is 0 Å². The van der Waals surface area contributed by atoms with Crippen LogP contribution in [0, 0.1) is 0 Å². The molecule has 1 atom stereocenters. The Morgan fingerprint density at radius 2 is 1.81 bits per heavy atom. The van der Waals surface area contributed by atoms with Crippen molar-refractivity contribution >= 4 is 16.8 Å². The van der Waals surface area contributed by atoms with Crippen molar-refractivity contribution in [2.45, 2.75) is 11.3 Å². The van der Waals surface area contributed by atoms with Crippen molar-refractivity contribution in [3.63, 3.8) is 0 Å². The van der Waals surface area contributed by atoms with Crippen molar-refractivity contribution in [1.29, 1.82) is 0 Å². The lowest BCUT2D eigenvalue weighted by molar-refractivity contribution is -0.136. The van der Waals surface area contributed by atoms with Gasteiger partial charge in [-0.25, -0.2) is 0 Å². The average Bonchev–Trinajstić information content (AvgIpc) is 2.46. The summed E-state index contributed by atoms with van der Waals surface area (Å²) in [5.41, 5.74) is 0.738. The number of likely N-dealkylation sites (N-methyl/N-ethyl adjacent to an activating group) is 1. The van der Waals surface area contributed by atoms with E-state index in [1.54, 1.807) is 24.3 Å². The van der Waals surface area contributed by atoms with Crippen molar-refractivity contribution in [3.8, 4) is 0 Å². The van der Waals surface area contributed by atoms with Crippen molar-refractivity contribution < 1.29 is 14.1 Å². The summed E-state index contributed by atoms with van der Waals surface area (Å²) >= 11 is 0. The number of carboxylic acid groups (broad SMARTS) is 1. The Morgan fingerprint density at radius 3 is 2.38 bits per heavy atom. The smallest absolute Gasteiger partial charge is 0.307 e. The summed E-state index contributed by atoms with van der Waals surface area (Å²) in [7, 11) is 1.10. The number of rotatable bonds is 6. The third kappa shape index (κ3) is 5.22. The molecule has 0 spiro atoms. The summed E-state index contributed by atoms with van der Waals surface area (Å²) in [6, 6.07) is 7.05. The van der Waals surface area contributed by atoms with Gasteiger partial charge in [-0.15, -0.1) is 0 Å². The van der Waals surface area contributed by atoms with Gasteiger partial charge in [0.15, 0.2) is 0 Å². The Balaban J connectivity index is 1.81. The van der Waals surface area contributed by atoms with Gasteiger partial charge in [0, 0.05) is 43.4 Å². The first-order valence-corrected chi connectivity index (χ1v) is 8.46. The second-order valence-electron chi connectivity index (χ2n) is 5.41. The second-order valence-corrected chi connectivity index (χ2v) is 6.98. The molecule has 0 amide bonds. The highest BCUT2D eigenvalue weighted by molar-refractivity contribution is 7.85. The topological polar surface area (TPSA) is 60.9 Å². The van der Waals surface area contributed by atoms with E-state index in [2.05, 4.69) is 16.8 Å². The van der Waals surface area contributed by atoms with E-state index < -0.39 is 16.8 Å². The van der Waals surface area contributed by atoms with Gasteiger partial charge in [0.2, 0.25) is 0 Å². The minimum absolute atomic E-state index is 0.00815. The molecule has 1 fully saturated rings. The molecule has 5 nitrogen and oxygen atoms in total. The van der Waals surface area contributed by atoms with Crippen LogP contribution in [0.3, 0.4) is 0 Å². The second kappa shape index (κ2) is 7.68. The number of hydrogen-bond donors (Lipinski definition) is 1. The molecule has 1 aliphatic rings. The minimum atomic E-state index is -1.02. The third-order valence-corrected chi connectivity index (χ3v) is 5.08. The van der Waals surface area contributed by atoms with Crippen LogP contribution in [-0.4, -0.2) is 70.6 Å². The molecule has 0 aromatic heterocycles. The lowest BCUT2D eigenvalue weighted by atomic mass is 10.2. The standard InChI is InChI=1S/C15H22N2O3S/c1-16-6-8-17(9-7-16)10-11-21(20)14-4-2-13(3-5-14)12-15(18)19/h2-5H,6-12H2,1H3,(H,18,19). The third-order valence-electron chi connectivity index (χ3n) is 3.73. The first kappa shape index (κ1) is 16.1. The number of piperazine rings is 1. The molecule has 1 heterocycles. The zero-order chi connectivity index (χ0) is 15.2. The molecule has 21 heavy (non-hydrogen) atoms. The van der Waals surface area contributed by atoms with Crippen LogP contribution in [0.2, 0.25) is 0 Å². The van der Waals surface area contributed by atoms with Gasteiger partial charge < -0.3 is 10.0 Å². The number of carbonyl (C=O) groups is 1. The number of hydrogen-bond acceptors (Lipinski definition) is 4. The van der Waals surface area contributed by atoms with Gasteiger partial charge in [-0.2, -0.15) is 0 Å². The molecule has 6 heteroatoms. The average molecular weight is 310 g/mol. The SMILES string of the molecule is CN1CCN(CCS(=O)c2ccc(CC(=O)O)cc2)CC1. The van der Waals surface area contributed by atoms with E-state index in [0.29, 0.717) is 5.75 Å². The quantitative estimate of drug-likeness (QED) is 0.837. The monoisotopic (exact) mass is 310 g/mol. The highest BCUT2D eigenvalue weighted by atomic mass is 32.2. The van der Waals surface area contributed by atoms with Crippen molar-refractivity contribution in [3.05, 3.63) is 29.8 Å². The van der Waals surface area contributed by atoms with Crippen LogP contribution in [-0.2, 0) is 22.0 Å². The van der Waals surface area contributed by atoms with Crippen molar-refractivity contribution in [1.82, 2.24) is 9.80 Å². The summed E-state index contributed by atoms with van der Waals surface area (Å²) in [6.07, 6.45) is 0.00815. The van der Waals surface area contributed by atoms with Crippen LogP contribution in [0.1, 0.15) is 5.56 Å². The fourth-order valence-electron chi connectivity index (χ4n) is 2.34. The van der Waals surface area contributed by atoms with Crippen molar-refractivity contribution in [2.24, 2.45) is 0 Å². The predicted octanol–water partition coefficient (Wildman–Crippen LogP) is 0.669. The first-order chi connectivity index (χ1) is 10.0. The minimum Gasteiger partial charge on any atom is -0.481 e. The van der Waals surface area contributed by atoms with Gasteiger partial charge in [-0.3, -0.25) is 13.9 Å². The van der Waals surface area contributed by atoms with Gasteiger partial charge in [-0.1, -0.05) is 12.1 Å². The maximum absolute atomic E-state index is 12.2. The van der Waals surface area contributed by atoms with Crippen LogP contribution in [0.25, 0.3) is 0 Å². The van der Waals surface area contributed by atoms with Gasteiger partial charge in [0.25, 0.3) is 0 Å². The molecular weight excluding hydrogens is 288 g/mol. The largest absolute Gasteiger partial charge is 0.481 e. The molecule has 1 aromatic carbocycles. The van der Waals surface area contributed by atoms with Gasteiger partial charge in [-0.05, 0) is 24.7 Å².